The van der Waals surface area contributed by atoms with Crippen molar-refractivity contribution in [1.82, 2.24) is 10.2 Å². The summed E-state index contributed by atoms with van der Waals surface area (Å²) < 4.78 is 0. The van der Waals surface area contributed by atoms with E-state index in [-0.39, 0.29) is 0 Å². The quantitative estimate of drug-likeness (QED) is 0.770. The molecule has 2 aliphatic heterocycles. The van der Waals surface area contributed by atoms with Crippen molar-refractivity contribution in [2.24, 2.45) is 17.8 Å². The van der Waals surface area contributed by atoms with Crippen molar-refractivity contribution in [2.45, 2.75) is 50.6 Å². The molecule has 2 bridgehead atoms. The normalized spacial score (nSPS) is 44.4. The van der Waals surface area contributed by atoms with Gasteiger partial charge in [0.2, 0.25) is 5.91 Å². The maximum atomic E-state index is 12.9. The Labute approximate surface area is 115 Å². The van der Waals surface area contributed by atoms with Crippen LogP contribution in [0.2, 0.25) is 0 Å². The molecule has 3 fully saturated rings. The molecule has 0 aromatic heterocycles. The van der Waals surface area contributed by atoms with E-state index in [1.54, 1.807) is 0 Å². The summed E-state index contributed by atoms with van der Waals surface area (Å²) in [6, 6.07) is 1.05. The zero-order valence-corrected chi connectivity index (χ0v) is 11.6. The van der Waals surface area contributed by atoms with Gasteiger partial charge < -0.3 is 10.2 Å². The van der Waals surface area contributed by atoms with Crippen molar-refractivity contribution < 1.29 is 4.79 Å². The Balaban J connectivity index is 1.48. The van der Waals surface area contributed by atoms with Gasteiger partial charge in [-0.3, -0.25) is 4.79 Å². The molecule has 5 unspecified atom stereocenters. The Hall–Kier alpha value is -0.830. The third-order valence-corrected chi connectivity index (χ3v) is 5.74. The van der Waals surface area contributed by atoms with Crippen LogP contribution in [0.3, 0.4) is 0 Å². The van der Waals surface area contributed by atoms with Gasteiger partial charge >= 0.3 is 0 Å². The fraction of sp³-hybridized carbons (Fsp3) is 0.812. The van der Waals surface area contributed by atoms with Crippen molar-refractivity contribution in [3.63, 3.8) is 0 Å². The monoisotopic (exact) mass is 260 g/mol. The summed E-state index contributed by atoms with van der Waals surface area (Å²) in [6.45, 7) is 2.14. The van der Waals surface area contributed by atoms with Crippen LogP contribution in [0.15, 0.2) is 12.2 Å². The molecular weight excluding hydrogens is 236 g/mol. The highest BCUT2D eigenvalue weighted by Gasteiger charge is 2.45. The summed E-state index contributed by atoms with van der Waals surface area (Å²) in [5.41, 5.74) is 0. The van der Waals surface area contributed by atoms with E-state index in [4.69, 9.17) is 0 Å². The first-order valence-corrected chi connectivity index (χ1v) is 8.05. The van der Waals surface area contributed by atoms with Crippen molar-refractivity contribution in [3.05, 3.63) is 12.2 Å². The Bertz CT molecular complexity index is 400. The third kappa shape index (κ3) is 1.94. The number of nitrogens with zero attached hydrogens (tertiary/aromatic N) is 1. The Morgan fingerprint density at radius 2 is 2.11 bits per heavy atom. The SMILES string of the molecule is O=C(C1CC2C=CC1C2)N1CCCC1C1CCCN1. The van der Waals surface area contributed by atoms with Crippen LogP contribution in [0.25, 0.3) is 0 Å². The zero-order chi connectivity index (χ0) is 12.8. The van der Waals surface area contributed by atoms with Crippen LogP contribution in [0.4, 0.5) is 0 Å². The number of fused-ring (bicyclic) bond motifs is 2. The highest BCUT2D eigenvalue weighted by molar-refractivity contribution is 5.81. The molecule has 0 aromatic carbocycles. The van der Waals surface area contributed by atoms with Crippen LogP contribution in [-0.2, 0) is 4.79 Å². The van der Waals surface area contributed by atoms with Gasteiger partial charge in [0.15, 0.2) is 0 Å². The van der Waals surface area contributed by atoms with Gasteiger partial charge in [-0.2, -0.15) is 0 Å². The second-order valence-electron chi connectivity index (χ2n) is 6.83. The largest absolute Gasteiger partial charge is 0.338 e. The van der Waals surface area contributed by atoms with E-state index >= 15 is 0 Å². The van der Waals surface area contributed by atoms with E-state index in [2.05, 4.69) is 22.4 Å². The van der Waals surface area contributed by atoms with Crippen LogP contribution in [0, 0.1) is 17.8 Å². The lowest BCUT2D eigenvalue weighted by Crippen LogP contribution is -2.49. The van der Waals surface area contributed by atoms with E-state index < -0.39 is 0 Å². The molecule has 1 amide bonds. The predicted octanol–water partition coefficient (Wildman–Crippen LogP) is 1.94. The first-order valence-electron chi connectivity index (χ1n) is 8.05. The minimum absolute atomic E-state index is 0.303. The summed E-state index contributed by atoms with van der Waals surface area (Å²) in [5.74, 6) is 2.02. The smallest absolute Gasteiger partial charge is 0.226 e. The van der Waals surface area contributed by atoms with E-state index in [9.17, 15) is 4.79 Å². The summed E-state index contributed by atoms with van der Waals surface area (Å²) in [4.78, 5) is 15.1. The van der Waals surface area contributed by atoms with Gasteiger partial charge in [0.05, 0.1) is 0 Å². The molecule has 19 heavy (non-hydrogen) atoms. The lowest BCUT2D eigenvalue weighted by atomic mass is 9.91. The summed E-state index contributed by atoms with van der Waals surface area (Å²) in [6.07, 6.45) is 11.9. The van der Waals surface area contributed by atoms with Gasteiger partial charge in [-0.25, -0.2) is 0 Å². The number of rotatable bonds is 2. The van der Waals surface area contributed by atoms with Crippen LogP contribution in [-0.4, -0.2) is 36.0 Å². The minimum Gasteiger partial charge on any atom is -0.338 e. The van der Waals surface area contributed by atoms with Crippen LogP contribution in [0.5, 0.6) is 0 Å². The number of hydrogen-bond acceptors (Lipinski definition) is 2. The number of amides is 1. The summed E-state index contributed by atoms with van der Waals surface area (Å²) in [7, 11) is 0. The van der Waals surface area contributed by atoms with Crippen LogP contribution < -0.4 is 5.32 Å². The number of likely N-dealkylation sites (tertiary alicyclic amines) is 1. The van der Waals surface area contributed by atoms with E-state index in [0.29, 0.717) is 35.7 Å². The molecule has 1 N–H and O–H groups in total. The highest BCUT2D eigenvalue weighted by Crippen LogP contribution is 2.45. The summed E-state index contributed by atoms with van der Waals surface area (Å²) in [5, 5.41) is 3.60. The number of nitrogens with one attached hydrogen (secondary N) is 1. The lowest BCUT2D eigenvalue weighted by molar-refractivity contribution is -0.137. The minimum atomic E-state index is 0.303. The molecule has 0 aromatic rings. The second-order valence-corrected chi connectivity index (χ2v) is 6.83. The Morgan fingerprint density at radius 3 is 2.79 bits per heavy atom. The van der Waals surface area contributed by atoms with Gasteiger partial charge in [0.1, 0.15) is 0 Å². The topological polar surface area (TPSA) is 32.3 Å². The molecule has 2 saturated heterocycles. The Morgan fingerprint density at radius 1 is 1.16 bits per heavy atom. The van der Waals surface area contributed by atoms with Crippen LogP contribution >= 0.6 is 0 Å². The number of carbonyl (C=O) groups is 1. The molecule has 5 atom stereocenters. The molecule has 3 heteroatoms. The van der Waals surface area contributed by atoms with Gasteiger partial charge in [0, 0.05) is 24.5 Å². The molecule has 4 aliphatic rings. The van der Waals surface area contributed by atoms with E-state index in [0.717, 1.165) is 19.5 Å². The average Bonchev–Trinajstić information content (AvgIpc) is 3.17. The number of allylic oxidation sites excluding steroid dienone is 2. The molecule has 1 saturated carbocycles. The van der Waals surface area contributed by atoms with Crippen molar-refractivity contribution in [3.8, 4) is 0 Å². The molecule has 0 radical (unpaired) electrons. The van der Waals surface area contributed by atoms with E-state index in [1.807, 2.05) is 0 Å². The van der Waals surface area contributed by atoms with Crippen molar-refractivity contribution in [2.75, 3.05) is 13.1 Å². The predicted molar refractivity (Wildman–Crippen MR) is 74.6 cm³/mol. The maximum Gasteiger partial charge on any atom is 0.226 e. The highest BCUT2D eigenvalue weighted by atomic mass is 16.2. The van der Waals surface area contributed by atoms with Crippen molar-refractivity contribution >= 4 is 5.91 Å². The fourth-order valence-corrected chi connectivity index (χ4v) is 4.80. The standard InChI is InChI=1S/C16H24N2O/c19-16(13-10-11-5-6-12(13)9-11)18-8-2-4-15(18)14-3-1-7-17-14/h5-6,11-15,17H,1-4,7-10H2. The number of carbonyl (C=O) groups excluding carboxylic acids is 1. The molecule has 4 rings (SSSR count). The third-order valence-electron chi connectivity index (χ3n) is 5.74. The lowest BCUT2D eigenvalue weighted by Gasteiger charge is -2.33. The van der Waals surface area contributed by atoms with Crippen molar-refractivity contribution in [1.29, 1.82) is 0 Å². The van der Waals surface area contributed by atoms with Crippen LogP contribution in [0.1, 0.15) is 38.5 Å². The molecule has 104 valence electrons. The summed E-state index contributed by atoms with van der Waals surface area (Å²) >= 11 is 0. The van der Waals surface area contributed by atoms with Gasteiger partial charge in [-0.05, 0) is 56.9 Å². The number of hydrogen-bond donors (Lipinski definition) is 1. The molecule has 2 heterocycles. The fourth-order valence-electron chi connectivity index (χ4n) is 4.80. The van der Waals surface area contributed by atoms with Gasteiger partial charge in [-0.15, -0.1) is 0 Å². The second kappa shape index (κ2) is 4.62. The van der Waals surface area contributed by atoms with E-state index in [1.165, 1.54) is 32.1 Å². The first kappa shape index (κ1) is 12.0. The Kier molecular flexibility index (Phi) is 2.91. The average molecular weight is 260 g/mol. The zero-order valence-electron chi connectivity index (χ0n) is 11.6. The maximum absolute atomic E-state index is 12.9. The van der Waals surface area contributed by atoms with Gasteiger partial charge in [0.25, 0.3) is 0 Å². The van der Waals surface area contributed by atoms with Gasteiger partial charge in [-0.1, -0.05) is 12.2 Å². The first-order chi connectivity index (χ1) is 9.33. The molecule has 0 spiro atoms. The molecule has 2 aliphatic carbocycles. The molecular formula is C16H24N2O. The molecule has 3 nitrogen and oxygen atoms in total.